The SMILES string of the molecule is NSCCN=C(NSc1cccc(Cl)c1)N1CC(c2ccccc2)C(c2ccc(Cl)cc2)=N1. The van der Waals surface area contributed by atoms with Crippen LogP contribution in [0.2, 0.25) is 10.0 Å². The van der Waals surface area contributed by atoms with Crippen LogP contribution in [0.1, 0.15) is 17.0 Å². The Morgan fingerprint density at radius 1 is 1.03 bits per heavy atom. The third-order valence-corrected chi connectivity index (χ3v) is 6.71. The molecular weight excluding hydrogens is 493 g/mol. The molecule has 1 aliphatic heterocycles. The fourth-order valence-corrected chi connectivity index (χ4v) is 4.76. The molecule has 33 heavy (non-hydrogen) atoms. The van der Waals surface area contributed by atoms with Gasteiger partial charge in [-0.15, -0.1) is 0 Å². The van der Waals surface area contributed by atoms with Crippen LogP contribution in [0, 0.1) is 0 Å². The second-order valence-electron chi connectivity index (χ2n) is 7.28. The largest absolute Gasteiger partial charge is 0.295 e. The average Bonchev–Trinajstić information content (AvgIpc) is 3.28. The standard InChI is InChI=1S/C24H23Cl2N5S2/c25-19-11-9-18(10-12-19)23-22(17-5-2-1-3-6-17)16-31(29-23)24(28-13-14-32-27)30-33-21-8-4-7-20(26)15-21/h1-12,15,22H,13-14,16,27H2,(H,28,30). The highest BCUT2D eigenvalue weighted by molar-refractivity contribution is 7.98. The van der Waals surface area contributed by atoms with Crippen molar-refractivity contribution in [1.82, 2.24) is 9.73 Å². The monoisotopic (exact) mass is 515 g/mol. The van der Waals surface area contributed by atoms with Gasteiger partial charge in [-0.05, 0) is 53.4 Å². The molecule has 0 saturated heterocycles. The fourth-order valence-electron chi connectivity index (χ4n) is 3.47. The lowest BCUT2D eigenvalue weighted by molar-refractivity contribution is 0.464. The lowest BCUT2D eigenvalue weighted by Gasteiger charge is -2.19. The van der Waals surface area contributed by atoms with E-state index in [1.807, 2.05) is 59.6 Å². The smallest absolute Gasteiger partial charge is 0.225 e. The molecule has 3 aromatic rings. The summed E-state index contributed by atoms with van der Waals surface area (Å²) >= 11 is 15.0. The number of hydrazone groups is 1. The molecular formula is C24H23Cl2N5S2. The summed E-state index contributed by atoms with van der Waals surface area (Å²) in [7, 11) is 0. The van der Waals surface area contributed by atoms with E-state index in [-0.39, 0.29) is 5.92 Å². The number of hydrogen-bond donors (Lipinski definition) is 2. The summed E-state index contributed by atoms with van der Waals surface area (Å²) in [6, 6.07) is 25.9. The molecule has 0 bridgehead atoms. The molecule has 0 fully saturated rings. The van der Waals surface area contributed by atoms with Crippen LogP contribution in [0.5, 0.6) is 0 Å². The van der Waals surface area contributed by atoms with Gasteiger partial charge in [0.15, 0.2) is 0 Å². The fraction of sp³-hybridized carbons (Fsp3) is 0.167. The minimum absolute atomic E-state index is 0.0967. The number of nitrogens with zero attached hydrogens (tertiary/aromatic N) is 3. The predicted molar refractivity (Wildman–Crippen MR) is 143 cm³/mol. The Kier molecular flexibility index (Phi) is 8.58. The zero-order valence-corrected chi connectivity index (χ0v) is 20.8. The molecule has 0 aromatic heterocycles. The number of nitrogens with two attached hydrogens (primary N) is 1. The molecule has 0 aliphatic carbocycles. The van der Waals surface area contributed by atoms with Crippen LogP contribution in [0.25, 0.3) is 0 Å². The zero-order valence-electron chi connectivity index (χ0n) is 17.7. The number of hydrogen-bond acceptors (Lipinski definition) is 5. The third-order valence-electron chi connectivity index (χ3n) is 5.03. The highest BCUT2D eigenvalue weighted by Crippen LogP contribution is 2.30. The van der Waals surface area contributed by atoms with Crippen molar-refractivity contribution >= 4 is 58.8 Å². The van der Waals surface area contributed by atoms with Gasteiger partial charge in [-0.25, -0.2) is 10.0 Å². The van der Waals surface area contributed by atoms with Gasteiger partial charge in [0.05, 0.1) is 18.8 Å². The van der Waals surface area contributed by atoms with E-state index in [9.17, 15) is 0 Å². The van der Waals surface area contributed by atoms with Crippen molar-refractivity contribution in [3.63, 3.8) is 0 Å². The lowest BCUT2D eigenvalue weighted by atomic mass is 9.91. The Hall–Kier alpha value is -2.16. The van der Waals surface area contributed by atoms with Crippen molar-refractivity contribution in [2.45, 2.75) is 10.8 Å². The summed E-state index contributed by atoms with van der Waals surface area (Å²) in [5.41, 5.74) is 3.22. The second-order valence-corrected chi connectivity index (χ2v) is 9.77. The quantitative estimate of drug-likeness (QED) is 0.173. The molecule has 5 nitrogen and oxygen atoms in total. The Labute approximate surface area is 212 Å². The van der Waals surface area contributed by atoms with Crippen molar-refractivity contribution in [2.24, 2.45) is 15.2 Å². The predicted octanol–water partition coefficient (Wildman–Crippen LogP) is 6.06. The molecule has 0 radical (unpaired) electrons. The molecule has 0 amide bonds. The summed E-state index contributed by atoms with van der Waals surface area (Å²) in [4.78, 5) is 5.74. The summed E-state index contributed by atoms with van der Waals surface area (Å²) in [5, 5.41) is 13.9. The first-order valence-electron chi connectivity index (χ1n) is 10.4. The van der Waals surface area contributed by atoms with Gasteiger partial charge in [0.2, 0.25) is 5.96 Å². The van der Waals surface area contributed by atoms with E-state index in [1.165, 1.54) is 29.5 Å². The highest BCUT2D eigenvalue weighted by Gasteiger charge is 2.31. The molecule has 1 heterocycles. The Bertz CT molecular complexity index is 1120. The first-order chi connectivity index (χ1) is 16.1. The Balaban J connectivity index is 1.63. The maximum Gasteiger partial charge on any atom is 0.225 e. The van der Waals surface area contributed by atoms with Crippen LogP contribution in [-0.4, -0.2) is 35.5 Å². The second kappa shape index (κ2) is 11.8. The van der Waals surface area contributed by atoms with Crippen LogP contribution < -0.4 is 9.86 Å². The van der Waals surface area contributed by atoms with Crippen LogP contribution in [0.3, 0.4) is 0 Å². The lowest BCUT2D eigenvalue weighted by Crippen LogP contribution is -2.34. The molecule has 1 aliphatic rings. The van der Waals surface area contributed by atoms with E-state index >= 15 is 0 Å². The van der Waals surface area contributed by atoms with Gasteiger partial charge < -0.3 is 0 Å². The van der Waals surface area contributed by atoms with E-state index in [4.69, 9.17) is 38.4 Å². The molecule has 0 spiro atoms. The minimum atomic E-state index is 0.0967. The minimum Gasteiger partial charge on any atom is -0.295 e. The molecule has 4 rings (SSSR count). The molecule has 1 unspecified atom stereocenters. The van der Waals surface area contributed by atoms with Crippen LogP contribution in [0.4, 0.5) is 0 Å². The number of guanidine groups is 1. The van der Waals surface area contributed by atoms with Gasteiger partial charge in [-0.3, -0.25) is 9.86 Å². The number of benzene rings is 3. The molecule has 9 heteroatoms. The van der Waals surface area contributed by atoms with Gasteiger partial charge in [-0.1, -0.05) is 83.7 Å². The zero-order chi connectivity index (χ0) is 23.0. The van der Waals surface area contributed by atoms with Crippen LogP contribution in [0.15, 0.2) is 93.9 Å². The van der Waals surface area contributed by atoms with Gasteiger partial charge in [-0.2, -0.15) is 5.10 Å². The van der Waals surface area contributed by atoms with Gasteiger partial charge in [0.25, 0.3) is 0 Å². The summed E-state index contributed by atoms with van der Waals surface area (Å²) < 4.78 is 3.37. The number of rotatable bonds is 7. The summed E-state index contributed by atoms with van der Waals surface area (Å²) in [6.07, 6.45) is 0. The maximum atomic E-state index is 6.14. The third kappa shape index (κ3) is 6.46. The number of aliphatic imine (C=N–C) groups is 1. The average molecular weight is 517 g/mol. The first-order valence-corrected chi connectivity index (χ1v) is 13.0. The van der Waals surface area contributed by atoms with Crippen molar-refractivity contribution in [3.05, 3.63) is 100 Å². The van der Waals surface area contributed by atoms with E-state index in [1.54, 1.807) is 0 Å². The highest BCUT2D eigenvalue weighted by atomic mass is 35.5. The molecule has 1 atom stereocenters. The van der Waals surface area contributed by atoms with Crippen molar-refractivity contribution in [1.29, 1.82) is 0 Å². The van der Waals surface area contributed by atoms with E-state index in [0.29, 0.717) is 29.1 Å². The molecule has 3 aromatic carbocycles. The van der Waals surface area contributed by atoms with Crippen LogP contribution >= 0.6 is 47.1 Å². The van der Waals surface area contributed by atoms with Gasteiger partial charge in [0.1, 0.15) is 0 Å². The van der Waals surface area contributed by atoms with Gasteiger partial charge in [0, 0.05) is 26.6 Å². The summed E-state index contributed by atoms with van der Waals surface area (Å²) in [6.45, 7) is 1.25. The van der Waals surface area contributed by atoms with Gasteiger partial charge >= 0.3 is 0 Å². The van der Waals surface area contributed by atoms with Crippen LogP contribution in [-0.2, 0) is 0 Å². The normalized spacial score (nSPS) is 16.1. The molecule has 3 N–H and O–H groups in total. The topological polar surface area (TPSA) is 66.0 Å². The van der Waals surface area contributed by atoms with E-state index in [0.717, 1.165) is 21.9 Å². The van der Waals surface area contributed by atoms with Crippen molar-refractivity contribution < 1.29 is 0 Å². The van der Waals surface area contributed by atoms with E-state index in [2.05, 4.69) is 29.0 Å². The Morgan fingerprint density at radius 3 is 2.55 bits per heavy atom. The van der Waals surface area contributed by atoms with Crippen molar-refractivity contribution in [3.8, 4) is 0 Å². The maximum absolute atomic E-state index is 6.14. The first kappa shape index (κ1) is 24.0. The molecule has 0 saturated carbocycles. The molecule has 170 valence electrons. The van der Waals surface area contributed by atoms with E-state index < -0.39 is 0 Å². The number of nitrogens with one attached hydrogen (secondary N) is 1. The van der Waals surface area contributed by atoms with Crippen molar-refractivity contribution in [2.75, 3.05) is 18.8 Å². The number of halogens is 2. The summed E-state index contributed by atoms with van der Waals surface area (Å²) in [5.74, 6) is 1.50. The Morgan fingerprint density at radius 2 is 1.82 bits per heavy atom.